The number of nitrogens with one attached hydrogen (secondary N) is 1. The number of carbonyl (C=O) groups is 1. The first-order valence-electron chi connectivity index (χ1n) is 8.95. The van der Waals surface area contributed by atoms with Gasteiger partial charge < -0.3 is 9.88 Å². The molecule has 140 valence electrons. The van der Waals surface area contributed by atoms with E-state index < -0.39 is 0 Å². The van der Waals surface area contributed by atoms with E-state index in [9.17, 15) is 4.79 Å². The minimum atomic E-state index is -0.0713. The minimum absolute atomic E-state index is 0.0713. The van der Waals surface area contributed by atoms with Gasteiger partial charge in [-0.1, -0.05) is 11.8 Å². The highest BCUT2D eigenvalue weighted by Gasteiger charge is 2.24. The number of aryl methyl sites for hydroxylation is 1. The molecule has 3 heterocycles. The number of thioether (sulfide) groups is 1. The molecule has 1 saturated carbocycles. The molecule has 8 nitrogen and oxygen atoms in total. The second-order valence-corrected chi connectivity index (χ2v) is 7.93. The lowest BCUT2D eigenvalue weighted by atomic mass is 9.95. The summed E-state index contributed by atoms with van der Waals surface area (Å²) in [4.78, 5) is 21.2. The maximum absolute atomic E-state index is 12.5. The molecule has 1 N–H and O–H groups in total. The fraction of sp³-hybridized carbons (Fsp3) is 0.389. The molecule has 3 aromatic rings. The molecule has 0 aromatic carbocycles. The van der Waals surface area contributed by atoms with Gasteiger partial charge in [-0.2, -0.15) is 0 Å². The molecule has 27 heavy (non-hydrogen) atoms. The summed E-state index contributed by atoms with van der Waals surface area (Å²) in [6.07, 6.45) is 12.7. The predicted octanol–water partition coefficient (Wildman–Crippen LogP) is 2.23. The van der Waals surface area contributed by atoms with Gasteiger partial charge in [0.15, 0.2) is 5.16 Å². The lowest BCUT2D eigenvalue weighted by molar-refractivity contribution is 0.0928. The number of hydrogen-bond acceptors (Lipinski definition) is 6. The van der Waals surface area contributed by atoms with Crippen molar-refractivity contribution in [2.75, 3.05) is 0 Å². The fourth-order valence-corrected chi connectivity index (χ4v) is 4.36. The van der Waals surface area contributed by atoms with Crippen molar-refractivity contribution in [3.05, 3.63) is 48.9 Å². The molecule has 1 aliphatic carbocycles. The van der Waals surface area contributed by atoms with Gasteiger partial charge in [0.25, 0.3) is 5.91 Å². The summed E-state index contributed by atoms with van der Waals surface area (Å²) in [6.45, 7) is 0. The van der Waals surface area contributed by atoms with Gasteiger partial charge in [-0.25, -0.2) is 9.97 Å². The Balaban J connectivity index is 1.28. The topological polar surface area (TPSA) is 90.5 Å². The first-order chi connectivity index (χ1) is 13.2. The monoisotopic (exact) mass is 383 g/mol. The zero-order chi connectivity index (χ0) is 18.6. The lowest BCUT2D eigenvalue weighted by Gasteiger charge is -2.28. The quantitative estimate of drug-likeness (QED) is 0.727. The van der Waals surface area contributed by atoms with Crippen molar-refractivity contribution >= 4 is 17.7 Å². The van der Waals surface area contributed by atoms with Crippen LogP contribution in [-0.2, 0) is 7.05 Å². The van der Waals surface area contributed by atoms with Gasteiger partial charge in [0.1, 0.15) is 18.5 Å². The molecule has 0 atom stereocenters. The van der Waals surface area contributed by atoms with Crippen molar-refractivity contribution in [3.8, 4) is 5.82 Å². The Morgan fingerprint density at radius 3 is 2.56 bits per heavy atom. The lowest BCUT2D eigenvalue weighted by Crippen LogP contribution is -2.38. The van der Waals surface area contributed by atoms with Gasteiger partial charge in [-0.3, -0.25) is 9.36 Å². The normalized spacial score (nSPS) is 19.7. The van der Waals surface area contributed by atoms with Gasteiger partial charge >= 0.3 is 0 Å². The Bertz CT molecular complexity index is 883. The number of aromatic nitrogens is 6. The smallest absolute Gasteiger partial charge is 0.253 e. The van der Waals surface area contributed by atoms with Crippen molar-refractivity contribution in [3.63, 3.8) is 0 Å². The van der Waals surface area contributed by atoms with Crippen molar-refractivity contribution < 1.29 is 4.79 Å². The Hall–Kier alpha value is -2.68. The molecule has 9 heteroatoms. The summed E-state index contributed by atoms with van der Waals surface area (Å²) >= 11 is 1.83. The molecule has 0 unspecified atom stereocenters. The molecule has 0 radical (unpaired) electrons. The molecule has 1 aliphatic rings. The fourth-order valence-electron chi connectivity index (χ4n) is 3.20. The summed E-state index contributed by atoms with van der Waals surface area (Å²) in [7, 11) is 2.02. The molecule has 0 spiro atoms. The first kappa shape index (κ1) is 17.7. The van der Waals surface area contributed by atoms with E-state index in [1.807, 2.05) is 31.2 Å². The number of imidazole rings is 1. The number of nitrogens with zero attached hydrogens (tertiary/aromatic N) is 6. The second kappa shape index (κ2) is 7.91. The van der Waals surface area contributed by atoms with Crippen LogP contribution in [0, 0.1) is 0 Å². The summed E-state index contributed by atoms with van der Waals surface area (Å²) < 4.78 is 3.75. The summed E-state index contributed by atoms with van der Waals surface area (Å²) in [5.74, 6) is 0.612. The van der Waals surface area contributed by atoms with E-state index in [4.69, 9.17) is 0 Å². The average Bonchev–Trinajstić information content (AvgIpc) is 3.36. The van der Waals surface area contributed by atoms with Crippen LogP contribution in [0.2, 0.25) is 0 Å². The van der Waals surface area contributed by atoms with Crippen LogP contribution in [0.25, 0.3) is 5.82 Å². The van der Waals surface area contributed by atoms with Crippen LogP contribution in [0.4, 0.5) is 0 Å². The number of carbonyl (C=O) groups excluding carboxylic acids is 1. The van der Waals surface area contributed by atoms with E-state index >= 15 is 0 Å². The maximum Gasteiger partial charge on any atom is 0.253 e. The number of pyridine rings is 1. The van der Waals surface area contributed by atoms with Crippen LogP contribution in [0.15, 0.2) is 48.5 Å². The standard InChI is InChI=1S/C18H21N7OS/c1-24-9-8-19-18(24)27-15-5-3-14(4-6-15)23-17(26)13-2-7-16(20-10-13)25-11-21-22-12-25/h2,7-12,14-15H,3-6H2,1H3,(H,23,26). The van der Waals surface area contributed by atoms with Crippen LogP contribution in [0.5, 0.6) is 0 Å². The zero-order valence-corrected chi connectivity index (χ0v) is 15.8. The molecular weight excluding hydrogens is 362 g/mol. The predicted molar refractivity (Wildman–Crippen MR) is 102 cm³/mol. The minimum Gasteiger partial charge on any atom is -0.349 e. The Labute approximate surface area is 161 Å². The van der Waals surface area contributed by atoms with E-state index in [0.717, 1.165) is 30.8 Å². The molecule has 0 saturated heterocycles. The average molecular weight is 383 g/mol. The molecule has 1 amide bonds. The third kappa shape index (κ3) is 4.19. The summed E-state index contributed by atoms with van der Waals surface area (Å²) in [6, 6.07) is 3.78. The van der Waals surface area contributed by atoms with Gasteiger partial charge in [0.05, 0.1) is 5.56 Å². The van der Waals surface area contributed by atoms with Crippen LogP contribution in [0.1, 0.15) is 36.0 Å². The molecule has 1 fully saturated rings. The molecule has 4 rings (SSSR count). The van der Waals surface area contributed by atoms with E-state index in [1.54, 1.807) is 35.6 Å². The van der Waals surface area contributed by atoms with Gasteiger partial charge in [0.2, 0.25) is 0 Å². The number of amides is 1. The van der Waals surface area contributed by atoms with Crippen LogP contribution >= 0.6 is 11.8 Å². The molecule has 3 aromatic heterocycles. The first-order valence-corrected chi connectivity index (χ1v) is 9.83. The molecule has 0 bridgehead atoms. The van der Waals surface area contributed by atoms with Gasteiger partial charge in [0, 0.05) is 36.9 Å². The Kier molecular flexibility index (Phi) is 5.19. The van der Waals surface area contributed by atoms with E-state index in [-0.39, 0.29) is 11.9 Å². The third-order valence-corrected chi connectivity index (χ3v) is 6.16. The largest absolute Gasteiger partial charge is 0.349 e. The van der Waals surface area contributed by atoms with E-state index in [0.29, 0.717) is 16.6 Å². The van der Waals surface area contributed by atoms with E-state index in [1.165, 1.54) is 0 Å². The highest BCUT2D eigenvalue weighted by atomic mass is 32.2. The Morgan fingerprint density at radius 1 is 1.15 bits per heavy atom. The van der Waals surface area contributed by atoms with Gasteiger partial charge in [-0.05, 0) is 37.8 Å². The van der Waals surface area contributed by atoms with Crippen molar-refractivity contribution in [2.45, 2.75) is 42.1 Å². The van der Waals surface area contributed by atoms with Crippen molar-refractivity contribution in [1.29, 1.82) is 0 Å². The van der Waals surface area contributed by atoms with Crippen LogP contribution in [0.3, 0.4) is 0 Å². The second-order valence-electron chi connectivity index (χ2n) is 6.66. The number of rotatable bonds is 5. The van der Waals surface area contributed by atoms with E-state index in [2.05, 4.69) is 30.0 Å². The zero-order valence-electron chi connectivity index (χ0n) is 15.0. The summed E-state index contributed by atoms with van der Waals surface area (Å²) in [5.41, 5.74) is 0.566. The van der Waals surface area contributed by atoms with Gasteiger partial charge in [-0.15, -0.1) is 10.2 Å². The summed E-state index contributed by atoms with van der Waals surface area (Å²) in [5, 5.41) is 12.3. The molecule has 0 aliphatic heterocycles. The number of hydrogen-bond donors (Lipinski definition) is 1. The third-order valence-electron chi connectivity index (χ3n) is 4.75. The van der Waals surface area contributed by atoms with Crippen LogP contribution in [-0.4, -0.2) is 46.5 Å². The highest BCUT2D eigenvalue weighted by molar-refractivity contribution is 7.99. The van der Waals surface area contributed by atoms with Crippen molar-refractivity contribution in [2.24, 2.45) is 7.05 Å². The van der Waals surface area contributed by atoms with Crippen LogP contribution < -0.4 is 5.32 Å². The highest BCUT2D eigenvalue weighted by Crippen LogP contribution is 2.32. The Morgan fingerprint density at radius 2 is 1.93 bits per heavy atom. The van der Waals surface area contributed by atoms with Crippen molar-refractivity contribution in [1.82, 2.24) is 34.6 Å². The SMILES string of the molecule is Cn1ccnc1SC1CCC(NC(=O)c2ccc(-n3cnnc3)nc2)CC1. The molecular formula is C18H21N7OS. The maximum atomic E-state index is 12.5.